The summed E-state index contributed by atoms with van der Waals surface area (Å²) in [5, 5.41) is 3.54. The van der Waals surface area contributed by atoms with Gasteiger partial charge in [-0.2, -0.15) is 0 Å². The van der Waals surface area contributed by atoms with Gasteiger partial charge < -0.3 is 19.3 Å². The fourth-order valence-electron chi connectivity index (χ4n) is 3.37. The van der Waals surface area contributed by atoms with E-state index in [9.17, 15) is 4.79 Å². The molecule has 0 atom stereocenters. The Balaban J connectivity index is 1.45. The van der Waals surface area contributed by atoms with Gasteiger partial charge in [-0.25, -0.2) is 14.8 Å². The van der Waals surface area contributed by atoms with Gasteiger partial charge in [0.15, 0.2) is 5.82 Å². The third-order valence-electron chi connectivity index (χ3n) is 5.02. The lowest BCUT2D eigenvalue weighted by Gasteiger charge is -2.36. The molecule has 1 N–H and O–H groups in total. The molecule has 0 spiro atoms. The minimum atomic E-state index is -0.230. The molecule has 0 radical (unpaired) electrons. The Hall–Kier alpha value is -3.26. The summed E-state index contributed by atoms with van der Waals surface area (Å²) in [5.41, 5.74) is 2.36. The van der Waals surface area contributed by atoms with Crippen LogP contribution in [0, 0.1) is 0 Å². The monoisotopic (exact) mass is 427 g/mol. The topological polar surface area (TPSA) is 79.8 Å². The van der Waals surface area contributed by atoms with Crippen LogP contribution in [0.4, 0.5) is 16.3 Å². The molecule has 2 amide bonds. The molecule has 1 aromatic heterocycles. The van der Waals surface area contributed by atoms with E-state index in [0.29, 0.717) is 40.7 Å². The number of ether oxygens (including phenoxy) is 2. The lowest BCUT2D eigenvalue weighted by molar-refractivity contribution is 0.208. The Morgan fingerprint density at radius 2 is 1.70 bits per heavy atom. The first-order chi connectivity index (χ1) is 14.6. The van der Waals surface area contributed by atoms with Crippen molar-refractivity contribution in [1.82, 2.24) is 14.9 Å². The smallest absolute Gasteiger partial charge is 0.323 e. The Labute approximate surface area is 179 Å². The van der Waals surface area contributed by atoms with Gasteiger partial charge in [-0.05, 0) is 36.4 Å². The van der Waals surface area contributed by atoms with Crippen LogP contribution in [0.1, 0.15) is 0 Å². The van der Waals surface area contributed by atoms with Crippen molar-refractivity contribution in [2.75, 3.05) is 50.6 Å². The van der Waals surface area contributed by atoms with Gasteiger partial charge in [0.25, 0.3) is 5.88 Å². The van der Waals surface area contributed by atoms with E-state index >= 15 is 0 Å². The van der Waals surface area contributed by atoms with Crippen LogP contribution >= 0.6 is 11.6 Å². The summed E-state index contributed by atoms with van der Waals surface area (Å²) >= 11 is 5.96. The fourth-order valence-corrected chi connectivity index (χ4v) is 3.49. The molecule has 30 heavy (non-hydrogen) atoms. The molecule has 4 rings (SSSR count). The number of fused-ring (bicyclic) bond motifs is 1. The fraction of sp³-hybridized carbons (Fsp3) is 0.286. The lowest BCUT2D eigenvalue weighted by atomic mass is 10.2. The average Bonchev–Trinajstić information content (AvgIpc) is 2.79. The molecule has 1 saturated heterocycles. The van der Waals surface area contributed by atoms with Crippen LogP contribution in [0.15, 0.2) is 42.5 Å². The van der Waals surface area contributed by atoms with Crippen LogP contribution in [0.25, 0.3) is 11.0 Å². The largest absolute Gasteiger partial charge is 0.497 e. The molecule has 1 aliphatic heterocycles. The third-order valence-corrected chi connectivity index (χ3v) is 5.27. The van der Waals surface area contributed by atoms with Crippen LogP contribution in [-0.4, -0.2) is 61.3 Å². The Morgan fingerprint density at radius 3 is 2.37 bits per heavy atom. The zero-order valence-electron chi connectivity index (χ0n) is 16.8. The molecule has 9 heteroatoms. The van der Waals surface area contributed by atoms with E-state index in [-0.39, 0.29) is 11.9 Å². The minimum absolute atomic E-state index is 0.230. The molecule has 0 aliphatic carbocycles. The van der Waals surface area contributed by atoms with Gasteiger partial charge in [-0.1, -0.05) is 11.6 Å². The molecular weight excluding hydrogens is 406 g/mol. The van der Waals surface area contributed by atoms with Crippen molar-refractivity contribution in [3.63, 3.8) is 0 Å². The highest BCUT2D eigenvalue weighted by Gasteiger charge is 2.23. The third kappa shape index (κ3) is 4.18. The lowest BCUT2D eigenvalue weighted by Crippen LogP contribution is -2.50. The van der Waals surface area contributed by atoms with Crippen molar-refractivity contribution < 1.29 is 14.3 Å². The van der Waals surface area contributed by atoms with Gasteiger partial charge in [0.2, 0.25) is 0 Å². The van der Waals surface area contributed by atoms with Crippen LogP contribution in [0.5, 0.6) is 11.6 Å². The number of hydrogen-bond acceptors (Lipinski definition) is 6. The molecule has 2 aromatic carbocycles. The van der Waals surface area contributed by atoms with Crippen molar-refractivity contribution in [1.29, 1.82) is 0 Å². The number of piperazine rings is 1. The van der Waals surface area contributed by atoms with Gasteiger partial charge in [0.1, 0.15) is 5.75 Å². The highest BCUT2D eigenvalue weighted by Crippen LogP contribution is 2.26. The first-order valence-electron chi connectivity index (χ1n) is 9.53. The number of nitrogens with zero attached hydrogens (tertiary/aromatic N) is 4. The van der Waals surface area contributed by atoms with Crippen molar-refractivity contribution in [3.8, 4) is 11.6 Å². The quantitative estimate of drug-likeness (QED) is 0.684. The van der Waals surface area contributed by atoms with Gasteiger partial charge in [-0.15, -0.1) is 0 Å². The van der Waals surface area contributed by atoms with E-state index in [1.54, 1.807) is 30.2 Å². The maximum Gasteiger partial charge on any atom is 0.323 e. The summed E-state index contributed by atoms with van der Waals surface area (Å²) in [4.78, 5) is 25.7. The normalized spacial score (nSPS) is 14.0. The SMILES string of the molecule is COc1ccc2nc(NC(=O)N3CCN(c4ccc(Cl)cc4)CC3)c(OC)nc2c1. The number of benzene rings is 2. The van der Waals surface area contributed by atoms with E-state index in [1.807, 2.05) is 24.3 Å². The molecule has 2 heterocycles. The highest BCUT2D eigenvalue weighted by molar-refractivity contribution is 6.30. The number of methoxy groups -OCH3 is 2. The van der Waals surface area contributed by atoms with Gasteiger partial charge >= 0.3 is 6.03 Å². The number of rotatable bonds is 4. The predicted octanol–water partition coefficient (Wildman–Crippen LogP) is 3.65. The second-order valence-corrected chi connectivity index (χ2v) is 7.25. The molecule has 0 saturated carbocycles. The van der Waals surface area contributed by atoms with Crippen LogP contribution < -0.4 is 19.7 Å². The number of halogens is 1. The highest BCUT2D eigenvalue weighted by atomic mass is 35.5. The number of anilines is 2. The number of nitrogens with one attached hydrogen (secondary N) is 1. The van der Waals surface area contributed by atoms with Crippen molar-refractivity contribution >= 4 is 40.2 Å². The Bertz CT molecular complexity index is 1050. The zero-order chi connectivity index (χ0) is 21.1. The minimum Gasteiger partial charge on any atom is -0.497 e. The molecule has 156 valence electrons. The maximum atomic E-state index is 12.8. The van der Waals surface area contributed by atoms with E-state index in [0.717, 1.165) is 18.8 Å². The average molecular weight is 428 g/mol. The van der Waals surface area contributed by atoms with Crippen molar-refractivity contribution in [3.05, 3.63) is 47.5 Å². The van der Waals surface area contributed by atoms with Crippen LogP contribution in [0.2, 0.25) is 5.02 Å². The van der Waals surface area contributed by atoms with E-state index in [4.69, 9.17) is 21.1 Å². The number of aromatic nitrogens is 2. The molecule has 0 unspecified atom stereocenters. The maximum absolute atomic E-state index is 12.8. The van der Waals surface area contributed by atoms with Gasteiger partial charge in [0, 0.05) is 43.0 Å². The summed E-state index contributed by atoms with van der Waals surface area (Å²) in [5.74, 6) is 1.22. The summed E-state index contributed by atoms with van der Waals surface area (Å²) in [6, 6.07) is 12.8. The zero-order valence-corrected chi connectivity index (χ0v) is 17.5. The number of amides is 2. The first kappa shape index (κ1) is 20.0. The molecule has 1 aliphatic rings. The van der Waals surface area contributed by atoms with E-state index < -0.39 is 0 Å². The van der Waals surface area contributed by atoms with E-state index in [1.165, 1.54) is 7.11 Å². The van der Waals surface area contributed by atoms with E-state index in [2.05, 4.69) is 20.2 Å². The summed E-state index contributed by atoms with van der Waals surface area (Å²) in [6.45, 7) is 2.65. The molecule has 8 nitrogen and oxygen atoms in total. The summed E-state index contributed by atoms with van der Waals surface area (Å²) in [6.07, 6.45) is 0. The van der Waals surface area contributed by atoms with Crippen LogP contribution in [0.3, 0.4) is 0 Å². The van der Waals surface area contributed by atoms with Gasteiger partial charge in [-0.3, -0.25) is 5.32 Å². The van der Waals surface area contributed by atoms with Crippen LogP contribution in [-0.2, 0) is 0 Å². The molecule has 0 bridgehead atoms. The summed E-state index contributed by atoms with van der Waals surface area (Å²) in [7, 11) is 3.09. The molecule has 1 fully saturated rings. The molecule has 3 aromatic rings. The standard InChI is InChI=1S/C21H22ClN5O3/c1-29-16-7-8-17-18(13-16)24-20(30-2)19(23-17)25-21(28)27-11-9-26(10-12-27)15-5-3-14(22)4-6-15/h3-8,13H,9-12H2,1-2H3,(H,23,25,28). The second-order valence-electron chi connectivity index (χ2n) is 6.82. The predicted molar refractivity (Wildman–Crippen MR) is 117 cm³/mol. The number of carbonyl (C=O) groups excluding carboxylic acids is 1. The number of carbonyl (C=O) groups is 1. The Morgan fingerprint density at radius 1 is 0.967 bits per heavy atom. The first-order valence-corrected chi connectivity index (χ1v) is 9.91. The Kier molecular flexibility index (Phi) is 5.76. The number of urea groups is 1. The second kappa shape index (κ2) is 8.62. The molecular formula is C21H22ClN5O3. The van der Waals surface area contributed by atoms with Gasteiger partial charge in [0.05, 0.1) is 25.3 Å². The van der Waals surface area contributed by atoms with Crippen molar-refractivity contribution in [2.24, 2.45) is 0 Å². The number of hydrogen-bond donors (Lipinski definition) is 1. The van der Waals surface area contributed by atoms with Crippen molar-refractivity contribution in [2.45, 2.75) is 0 Å². The summed E-state index contributed by atoms with van der Waals surface area (Å²) < 4.78 is 10.6.